The van der Waals surface area contributed by atoms with Gasteiger partial charge in [0.05, 0.1) is 0 Å². The molecule has 0 unspecified atom stereocenters. The second-order valence-electron chi connectivity index (χ2n) is 0.667. The molecular weight excluding hydrogens is 109 g/mol. The van der Waals surface area contributed by atoms with Gasteiger partial charge in [0.1, 0.15) is 0 Å². The Morgan fingerprint density at radius 2 is 2.29 bits per heavy atom. The fourth-order valence-electron chi connectivity index (χ4n) is 0.0836. The summed E-state index contributed by atoms with van der Waals surface area (Å²) in [6, 6.07) is -1.54. The molecule has 0 N–H and O–H groups in total. The van der Waals surface area contributed by atoms with Crippen molar-refractivity contribution >= 4 is 0 Å². The fraction of sp³-hybridized carbons (Fsp3) is 0.333. The largest absolute Gasteiger partial charge is 0.437 e. The van der Waals surface area contributed by atoms with Crippen LogP contribution in [0, 0.1) is 0 Å². The van der Waals surface area contributed by atoms with Gasteiger partial charge in [0.25, 0.3) is 0 Å². The summed E-state index contributed by atoms with van der Waals surface area (Å²) < 4.78 is 36.0. The average Bonchev–Trinajstić information content (AvgIpc) is 1.68. The summed E-state index contributed by atoms with van der Waals surface area (Å²) in [5, 5.41) is 0. The van der Waals surface area contributed by atoms with E-state index in [9.17, 15) is 13.2 Å². The quantitative estimate of drug-likeness (QED) is 0.493. The number of hydrogen-bond acceptors (Lipinski definition) is 1. The van der Waals surface area contributed by atoms with Crippen molar-refractivity contribution in [3.05, 3.63) is 12.3 Å². The Morgan fingerprint density at radius 1 is 1.71 bits per heavy atom. The van der Waals surface area contributed by atoms with E-state index in [1.54, 1.807) is 0 Å². The van der Waals surface area contributed by atoms with Crippen LogP contribution in [-0.4, -0.2) is 6.86 Å². The molecule has 0 amide bonds. The molecule has 0 aromatic rings. The first-order valence-electron chi connectivity index (χ1n) is 1.46. The molecule has 0 heterocycles. The Kier molecular flexibility index (Phi) is 3.18. The highest BCUT2D eigenvalue weighted by atomic mass is 19.2. The first-order chi connectivity index (χ1) is 3.31. The van der Waals surface area contributed by atoms with Crippen LogP contribution in [0.25, 0.3) is 0 Å². The van der Waals surface area contributed by atoms with E-state index in [0.717, 1.165) is 0 Å². The smallest absolute Gasteiger partial charge is 0.303 e. The maximum Gasteiger partial charge on any atom is 0.303 e. The van der Waals surface area contributed by atoms with E-state index in [1.165, 1.54) is 0 Å². The van der Waals surface area contributed by atoms with Crippen LogP contribution in [0.1, 0.15) is 0 Å². The lowest BCUT2D eigenvalue weighted by molar-refractivity contribution is 0.0683. The van der Waals surface area contributed by atoms with Gasteiger partial charge < -0.3 is 4.74 Å². The molecule has 0 bridgehead atoms. The third-order valence-corrected chi connectivity index (χ3v) is 0.278. The highest BCUT2D eigenvalue weighted by molar-refractivity contribution is 4.69. The van der Waals surface area contributed by atoms with Gasteiger partial charge in [-0.15, -0.1) is 0 Å². The van der Waals surface area contributed by atoms with Crippen LogP contribution in [0.5, 0.6) is 0 Å². The minimum atomic E-state index is -1.54. The molecule has 0 aromatic heterocycles. The van der Waals surface area contributed by atoms with Crippen molar-refractivity contribution in [1.82, 2.24) is 0 Å². The minimum Gasteiger partial charge on any atom is -0.437 e. The van der Waals surface area contributed by atoms with Gasteiger partial charge in [0, 0.05) is 0 Å². The molecule has 0 saturated carbocycles. The Balaban J connectivity index is 3.17. The lowest BCUT2D eigenvalue weighted by atomic mass is 11.0. The van der Waals surface area contributed by atoms with Crippen molar-refractivity contribution in [3.8, 4) is 0 Å². The highest BCUT2D eigenvalue weighted by Crippen LogP contribution is 1.97. The molecule has 0 spiro atoms. The normalized spacial score (nSPS) is 11.6. The molecule has 0 aromatic carbocycles. The van der Waals surface area contributed by atoms with Gasteiger partial charge in [0.2, 0.25) is 6.86 Å². The standard InChI is InChI=1S/C3H3F3O/c4-1-3(6)7-2-5/h1H,2H2. The zero-order valence-corrected chi connectivity index (χ0v) is 3.33. The molecule has 7 heavy (non-hydrogen) atoms. The molecule has 0 atom stereocenters. The van der Waals surface area contributed by atoms with Crippen LogP contribution in [-0.2, 0) is 4.74 Å². The fourth-order valence-corrected chi connectivity index (χ4v) is 0.0836. The van der Waals surface area contributed by atoms with Gasteiger partial charge in [-0.25, -0.2) is 8.78 Å². The van der Waals surface area contributed by atoms with Crippen molar-refractivity contribution in [2.45, 2.75) is 0 Å². The van der Waals surface area contributed by atoms with Crippen LogP contribution in [0.3, 0.4) is 0 Å². The van der Waals surface area contributed by atoms with Crippen molar-refractivity contribution in [2.24, 2.45) is 0 Å². The van der Waals surface area contributed by atoms with Crippen molar-refractivity contribution in [2.75, 3.05) is 6.86 Å². The van der Waals surface area contributed by atoms with E-state index in [4.69, 9.17) is 0 Å². The molecule has 1 nitrogen and oxygen atoms in total. The first-order valence-corrected chi connectivity index (χ1v) is 1.46. The van der Waals surface area contributed by atoms with Crippen molar-refractivity contribution in [3.63, 3.8) is 0 Å². The van der Waals surface area contributed by atoms with Gasteiger partial charge >= 0.3 is 6.01 Å². The summed E-state index contributed by atoms with van der Waals surface area (Å²) in [4.78, 5) is 0. The Bertz CT molecular complexity index is 70.6. The van der Waals surface area contributed by atoms with E-state index < -0.39 is 19.2 Å². The van der Waals surface area contributed by atoms with Crippen molar-refractivity contribution < 1.29 is 17.9 Å². The Hall–Kier alpha value is -0.670. The molecular formula is C3H3F3O. The average molecular weight is 112 g/mol. The highest BCUT2D eigenvalue weighted by Gasteiger charge is 1.88. The van der Waals surface area contributed by atoms with Gasteiger partial charge in [-0.2, -0.15) is 4.39 Å². The predicted octanol–water partition coefficient (Wildman–Crippen LogP) is 1.67. The second kappa shape index (κ2) is 3.52. The lowest BCUT2D eigenvalue weighted by Crippen LogP contribution is -1.80. The molecule has 0 fully saturated rings. The summed E-state index contributed by atoms with van der Waals surface area (Å²) in [5.41, 5.74) is 0. The molecule has 0 radical (unpaired) electrons. The summed E-state index contributed by atoms with van der Waals surface area (Å²) in [7, 11) is 0. The maximum atomic E-state index is 11.2. The van der Waals surface area contributed by atoms with Gasteiger partial charge in [0.15, 0.2) is 6.33 Å². The van der Waals surface area contributed by atoms with E-state index in [2.05, 4.69) is 4.74 Å². The maximum absolute atomic E-state index is 11.2. The molecule has 0 saturated heterocycles. The van der Waals surface area contributed by atoms with Crippen LogP contribution in [0.4, 0.5) is 13.2 Å². The molecule has 4 heteroatoms. The lowest BCUT2D eigenvalue weighted by Gasteiger charge is -1.88. The summed E-state index contributed by atoms with van der Waals surface area (Å²) in [6.07, 6.45) is -0.459. The number of alkyl halides is 1. The SMILES string of the molecule is FC=C(F)OCF. The van der Waals surface area contributed by atoms with Crippen LogP contribution in [0.15, 0.2) is 12.3 Å². The monoisotopic (exact) mass is 112 g/mol. The molecule has 0 aliphatic rings. The van der Waals surface area contributed by atoms with E-state index in [1.807, 2.05) is 0 Å². The zero-order valence-electron chi connectivity index (χ0n) is 3.33. The van der Waals surface area contributed by atoms with Crippen molar-refractivity contribution in [1.29, 1.82) is 0 Å². The van der Waals surface area contributed by atoms with Gasteiger partial charge in [-0.1, -0.05) is 0 Å². The molecule has 0 aliphatic heterocycles. The van der Waals surface area contributed by atoms with Gasteiger partial charge in [-0.3, -0.25) is 0 Å². The second-order valence-corrected chi connectivity index (χ2v) is 0.667. The van der Waals surface area contributed by atoms with Crippen LogP contribution < -0.4 is 0 Å². The predicted molar refractivity (Wildman–Crippen MR) is 17.4 cm³/mol. The number of rotatable bonds is 2. The number of ether oxygens (including phenoxy) is 1. The third-order valence-electron chi connectivity index (χ3n) is 0.278. The Labute approximate surface area is 38.4 Å². The molecule has 0 rings (SSSR count). The zero-order chi connectivity index (χ0) is 5.70. The third kappa shape index (κ3) is 3.15. The van der Waals surface area contributed by atoms with Crippen LogP contribution in [0.2, 0.25) is 0 Å². The topological polar surface area (TPSA) is 9.23 Å². The Morgan fingerprint density at radius 3 is 2.43 bits per heavy atom. The number of halogens is 3. The number of hydrogen-bond donors (Lipinski definition) is 0. The van der Waals surface area contributed by atoms with Crippen LogP contribution >= 0.6 is 0 Å². The molecule has 42 valence electrons. The van der Waals surface area contributed by atoms with E-state index in [-0.39, 0.29) is 0 Å². The van der Waals surface area contributed by atoms with Gasteiger partial charge in [-0.05, 0) is 0 Å². The van der Waals surface area contributed by atoms with E-state index in [0.29, 0.717) is 0 Å². The molecule has 0 aliphatic carbocycles. The summed E-state index contributed by atoms with van der Waals surface area (Å²) in [5.74, 6) is 0. The van der Waals surface area contributed by atoms with E-state index >= 15 is 0 Å². The summed E-state index contributed by atoms with van der Waals surface area (Å²) >= 11 is 0. The minimum absolute atomic E-state index is 0.459. The summed E-state index contributed by atoms with van der Waals surface area (Å²) in [6.45, 7) is -1.34. The first kappa shape index (κ1) is 6.33.